The lowest BCUT2D eigenvalue weighted by atomic mass is 10.2. The van der Waals surface area contributed by atoms with Gasteiger partial charge in [0, 0.05) is 24.4 Å². The summed E-state index contributed by atoms with van der Waals surface area (Å²) in [6, 6.07) is 12.5. The fourth-order valence-corrected chi connectivity index (χ4v) is 2.70. The van der Waals surface area contributed by atoms with Crippen LogP contribution in [0.15, 0.2) is 53.8 Å². The van der Waals surface area contributed by atoms with E-state index in [4.69, 9.17) is 0 Å². The molecule has 0 spiro atoms. The Morgan fingerprint density at radius 1 is 1.12 bits per heavy atom. The third-order valence-electron chi connectivity index (χ3n) is 3.21. The van der Waals surface area contributed by atoms with Gasteiger partial charge in [0.2, 0.25) is 17.0 Å². The lowest BCUT2D eigenvalue weighted by Crippen LogP contribution is -2.14. The second-order valence-electron chi connectivity index (χ2n) is 5.28. The van der Waals surface area contributed by atoms with Crippen LogP contribution in [0.25, 0.3) is 11.4 Å². The Bertz CT molecular complexity index is 895. The first kappa shape index (κ1) is 17.6. The van der Waals surface area contributed by atoms with Gasteiger partial charge in [0.15, 0.2) is 5.82 Å². The Morgan fingerprint density at radius 3 is 2.62 bits per heavy atom. The summed E-state index contributed by atoms with van der Waals surface area (Å²) in [5.74, 6) is 0.967. The highest BCUT2D eigenvalue weighted by Gasteiger charge is 2.10. The molecule has 2 heterocycles. The molecule has 2 aromatic heterocycles. The van der Waals surface area contributed by atoms with Crippen molar-refractivity contribution < 1.29 is 9.59 Å². The third-order valence-corrected chi connectivity index (χ3v) is 4.06. The van der Waals surface area contributed by atoms with Crippen LogP contribution in [-0.2, 0) is 9.59 Å². The Morgan fingerprint density at radius 2 is 1.92 bits per heavy atom. The summed E-state index contributed by atoms with van der Waals surface area (Å²) < 4.78 is 0. The monoisotopic (exact) mass is 368 g/mol. The number of nitrogens with zero attached hydrogens (tertiary/aromatic N) is 3. The quantitative estimate of drug-likeness (QED) is 0.576. The van der Waals surface area contributed by atoms with Gasteiger partial charge in [0.05, 0.1) is 5.75 Å². The van der Waals surface area contributed by atoms with Gasteiger partial charge >= 0.3 is 0 Å². The van der Waals surface area contributed by atoms with E-state index in [9.17, 15) is 9.59 Å². The zero-order chi connectivity index (χ0) is 18.4. The van der Waals surface area contributed by atoms with E-state index >= 15 is 0 Å². The predicted molar refractivity (Wildman–Crippen MR) is 99.7 cm³/mol. The first-order valence-electron chi connectivity index (χ1n) is 7.74. The number of benzene rings is 1. The van der Waals surface area contributed by atoms with Crippen molar-refractivity contribution in [2.75, 3.05) is 16.4 Å². The number of aromatic amines is 1. The van der Waals surface area contributed by atoms with Gasteiger partial charge in [0.1, 0.15) is 5.82 Å². The van der Waals surface area contributed by atoms with Crippen LogP contribution in [0.4, 0.5) is 11.5 Å². The number of carbonyl (C=O) groups excluding carboxylic acids is 2. The first-order chi connectivity index (χ1) is 12.6. The second-order valence-corrected chi connectivity index (χ2v) is 6.22. The number of anilines is 2. The van der Waals surface area contributed by atoms with E-state index in [1.807, 2.05) is 12.1 Å². The molecule has 0 atom stereocenters. The lowest BCUT2D eigenvalue weighted by Gasteiger charge is -2.02. The summed E-state index contributed by atoms with van der Waals surface area (Å²) in [6.07, 6.45) is 1.61. The predicted octanol–water partition coefficient (Wildman–Crippen LogP) is 2.56. The minimum absolute atomic E-state index is 0.125. The molecule has 132 valence electrons. The average Bonchev–Trinajstić information content (AvgIpc) is 3.10. The Hall–Kier alpha value is -3.20. The second kappa shape index (κ2) is 8.26. The molecule has 2 amide bonds. The lowest BCUT2D eigenvalue weighted by molar-refractivity contribution is -0.114. The van der Waals surface area contributed by atoms with Gasteiger partial charge in [-0.1, -0.05) is 17.8 Å². The molecule has 0 aliphatic rings. The summed E-state index contributed by atoms with van der Waals surface area (Å²) in [5.41, 5.74) is 1.54. The number of pyridine rings is 1. The number of rotatable bonds is 6. The minimum Gasteiger partial charge on any atom is -0.326 e. The van der Waals surface area contributed by atoms with E-state index in [1.54, 1.807) is 36.5 Å². The molecule has 0 aliphatic carbocycles. The summed E-state index contributed by atoms with van der Waals surface area (Å²) >= 11 is 1.22. The normalized spacial score (nSPS) is 10.3. The largest absolute Gasteiger partial charge is 0.326 e. The zero-order valence-corrected chi connectivity index (χ0v) is 14.7. The molecule has 0 bridgehead atoms. The molecular formula is C17H16N6O2S. The van der Waals surface area contributed by atoms with E-state index in [0.717, 1.165) is 5.56 Å². The highest BCUT2D eigenvalue weighted by Crippen LogP contribution is 2.21. The fraction of sp³-hybridized carbons (Fsp3) is 0.118. The van der Waals surface area contributed by atoms with Crippen LogP contribution < -0.4 is 10.6 Å². The molecule has 8 nitrogen and oxygen atoms in total. The number of thioether (sulfide) groups is 1. The maximum Gasteiger partial charge on any atom is 0.236 e. The standard InChI is InChI=1S/C17H16N6O2S/c1-11(24)19-13-7-5-12(6-8-13)16-21-17(23-22-16)26-10-15(25)20-14-4-2-3-9-18-14/h2-9H,10H2,1H3,(H,19,24)(H,18,20,25)(H,21,22,23). The molecular weight excluding hydrogens is 352 g/mol. The molecule has 0 radical (unpaired) electrons. The number of hydrogen-bond donors (Lipinski definition) is 3. The highest BCUT2D eigenvalue weighted by molar-refractivity contribution is 7.99. The van der Waals surface area contributed by atoms with E-state index in [1.165, 1.54) is 18.7 Å². The van der Waals surface area contributed by atoms with Crippen LogP contribution in [0.2, 0.25) is 0 Å². The average molecular weight is 368 g/mol. The van der Waals surface area contributed by atoms with Crippen LogP contribution in [0, 0.1) is 0 Å². The molecule has 3 rings (SSSR count). The topological polar surface area (TPSA) is 113 Å². The van der Waals surface area contributed by atoms with Gasteiger partial charge in [-0.25, -0.2) is 9.97 Å². The summed E-state index contributed by atoms with van der Waals surface area (Å²) in [5, 5.41) is 12.8. The van der Waals surface area contributed by atoms with Crippen molar-refractivity contribution in [1.29, 1.82) is 0 Å². The molecule has 9 heteroatoms. The number of hydrogen-bond acceptors (Lipinski definition) is 6. The number of amides is 2. The highest BCUT2D eigenvalue weighted by atomic mass is 32.2. The Balaban J connectivity index is 1.56. The first-order valence-corrected chi connectivity index (χ1v) is 8.73. The number of nitrogens with one attached hydrogen (secondary N) is 3. The molecule has 26 heavy (non-hydrogen) atoms. The minimum atomic E-state index is -0.181. The van der Waals surface area contributed by atoms with Crippen molar-refractivity contribution in [3.63, 3.8) is 0 Å². The van der Waals surface area contributed by atoms with Crippen molar-refractivity contribution in [3.05, 3.63) is 48.7 Å². The van der Waals surface area contributed by atoms with Gasteiger partial charge in [-0.2, -0.15) is 0 Å². The fourth-order valence-electron chi connectivity index (χ4n) is 2.10. The number of aromatic nitrogens is 4. The van der Waals surface area contributed by atoms with Crippen LogP contribution in [0.3, 0.4) is 0 Å². The SMILES string of the molecule is CC(=O)Nc1ccc(-c2nc(SCC(=O)Nc3ccccn3)n[nH]2)cc1. The Kier molecular flexibility index (Phi) is 5.59. The molecule has 3 N–H and O–H groups in total. The van der Waals surface area contributed by atoms with Gasteiger partial charge < -0.3 is 10.6 Å². The molecule has 0 saturated carbocycles. The van der Waals surface area contributed by atoms with Crippen LogP contribution in [0.1, 0.15) is 6.92 Å². The van der Waals surface area contributed by atoms with Crippen molar-refractivity contribution in [3.8, 4) is 11.4 Å². The van der Waals surface area contributed by atoms with Crippen LogP contribution in [0.5, 0.6) is 0 Å². The van der Waals surface area contributed by atoms with Gasteiger partial charge in [-0.15, -0.1) is 5.10 Å². The van der Waals surface area contributed by atoms with Gasteiger partial charge in [-0.3, -0.25) is 14.7 Å². The molecule has 0 saturated heterocycles. The summed E-state index contributed by atoms with van der Waals surface area (Å²) in [6.45, 7) is 1.46. The molecule has 0 fully saturated rings. The van der Waals surface area contributed by atoms with Gasteiger partial charge in [-0.05, 0) is 36.4 Å². The maximum absolute atomic E-state index is 11.9. The van der Waals surface area contributed by atoms with E-state index < -0.39 is 0 Å². The number of H-pyrrole nitrogens is 1. The molecule has 0 aliphatic heterocycles. The Labute approximate surface area is 153 Å². The molecule has 1 aromatic carbocycles. The van der Waals surface area contributed by atoms with Gasteiger partial charge in [0.25, 0.3) is 0 Å². The van der Waals surface area contributed by atoms with Crippen molar-refractivity contribution >= 4 is 35.1 Å². The van der Waals surface area contributed by atoms with Crippen LogP contribution >= 0.6 is 11.8 Å². The number of carbonyl (C=O) groups is 2. The zero-order valence-electron chi connectivity index (χ0n) is 13.9. The smallest absolute Gasteiger partial charge is 0.236 e. The summed E-state index contributed by atoms with van der Waals surface area (Å²) in [7, 11) is 0. The molecule has 0 unspecified atom stereocenters. The van der Waals surface area contributed by atoms with Crippen molar-refractivity contribution in [2.45, 2.75) is 12.1 Å². The third kappa shape index (κ3) is 4.90. The van der Waals surface area contributed by atoms with Crippen LogP contribution in [-0.4, -0.2) is 37.7 Å². The maximum atomic E-state index is 11.9. The van der Waals surface area contributed by atoms with E-state index in [0.29, 0.717) is 22.5 Å². The van der Waals surface area contributed by atoms with Crippen molar-refractivity contribution in [2.24, 2.45) is 0 Å². The summed E-state index contributed by atoms with van der Waals surface area (Å²) in [4.78, 5) is 31.4. The van der Waals surface area contributed by atoms with E-state index in [-0.39, 0.29) is 17.6 Å². The molecule has 3 aromatic rings. The van der Waals surface area contributed by atoms with E-state index in [2.05, 4.69) is 30.8 Å². The van der Waals surface area contributed by atoms with Crippen molar-refractivity contribution in [1.82, 2.24) is 20.2 Å².